The zero-order chi connectivity index (χ0) is 10.7. The van der Waals surface area contributed by atoms with Crippen LogP contribution in [0.3, 0.4) is 0 Å². The summed E-state index contributed by atoms with van der Waals surface area (Å²) in [5.41, 5.74) is 2.72. The van der Waals surface area contributed by atoms with E-state index in [4.69, 9.17) is 0 Å². The van der Waals surface area contributed by atoms with Gasteiger partial charge in [-0.15, -0.1) is 0 Å². The van der Waals surface area contributed by atoms with Crippen LogP contribution in [0.2, 0.25) is 0 Å². The SMILES string of the molecule is Cc1c(CCCCNC2CC2)cnn1C. The molecule has 3 nitrogen and oxygen atoms in total. The van der Waals surface area contributed by atoms with Gasteiger partial charge in [-0.25, -0.2) is 0 Å². The van der Waals surface area contributed by atoms with E-state index in [1.807, 2.05) is 17.9 Å². The third-order valence-corrected chi connectivity index (χ3v) is 3.22. The Bertz CT molecular complexity index is 313. The minimum atomic E-state index is 0.852. The van der Waals surface area contributed by atoms with Crippen molar-refractivity contribution < 1.29 is 0 Å². The van der Waals surface area contributed by atoms with Crippen LogP contribution in [0.4, 0.5) is 0 Å². The molecule has 1 saturated carbocycles. The van der Waals surface area contributed by atoms with Gasteiger partial charge in [0.25, 0.3) is 0 Å². The molecule has 2 rings (SSSR count). The molecule has 0 bridgehead atoms. The molecule has 0 unspecified atom stereocenters. The van der Waals surface area contributed by atoms with Crippen molar-refractivity contribution in [1.82, 2.24) is 15.1 Å². The second-order valence-corrected chi connectivity index (χ2v) is 4.56. The average molecular weight is 207 g/mol. The third-order valence-electron chi connectivity index (χ3n) is 3.22. The van der Waals surface area contributed by atoms with Gasteiger partial charge < -0.3 is 5.32 Å². The predicted octanol–water partition coefficient (Wildman–Crippen LogP) is 1.80. The molecule has 1 heterocycles. The van der Waals surface area contributed by atoms with Crippen molar-refractivity contribution in [3.63, 3.8) is 0 Å². The van der Waals surface area contributed by atoms with Crippen molar-refractivity contribution in [2.45, 2.75) is 45.1 Å². The molecule has 1 N–H and O–H groups in total. The second-order valence-electron chi connectivity index (χ2n) is 4.56. The molecule has 0 aromatic carbocycles. The van der Waals surface area contributed by atoms with Gasteiger partial charge in [0.1, 0.15) is 0 Å². The number of nitrogens with zero attached hydrogens (tertiary/aromatic N) is 2. The largest absolute Gasteiger partial charge is 0.314 e. The Kier molecular flexibility index (Phi) is 3.41. The van der Waals surface area contributed by atoms with Crippen LogP contribution in [0.25, 0.3) is 0 Å². The number of unbranched alkanes of at least 4 members (excludes halogenated alkanes) is 1. The lowest BCUT2D eigenvalue weighted by Crippen LogP contribution is -2.17. The van der Waals surface area contributed by atoms with Crippen LogP contribution in [0.5, 0.6) is 0 Å². The van der Waals surface area contributed by atoms with Crippen LogP contribution in [0.15, 0.2) is 6.20 Å². The van der Waals surface area contributed by atoms with Crippen molar-refractivity contribution in [1.29, 1.82) is 0 Å². The summed E-state index contributed by atoms with van der Waals surface area (Å²) in [4.78, 5) is 0. The van der Waals surface area contributed by atoms with Gasteiger partial charge in [0.2, 0.25) is 0 Å². The molecule has 0 saturated heterocycles. The van der Waals surface area contributed by atoms with E-state index < -0.39 is 0 Å². The van der Waals surface area contributed by atoms with Crippen LogP contribution < -0.4 is 5.32 Å². The molecule has 3 heteroatoms. The Labute approximate surface area is 91.9 Å². The van der Waals surface area contributed by atoms with E-state index >= 15 is 0 Å². The molecule has 15 heavy (non-hydrogen) atoms. The second kappa shape index (κ2) is 4.79. The summed E-state index contributed by atoms with van der Waals surface area (Å²) in [6.07, 6.45) is 8.51. The molecule has 1 aromatic rings. The zero-order valence-corrected chi connectivity index (χ0v) is 9.79. The summed E-state index contributed by atoms with van der Waals surface area (Å²) in [6, 6.07) is 0.852. The molecule has 1 aliphatic carbocycles. The van der Waals surface area contributed by atoms with Gasteiger partial charge in [0.15, 0.2) is 0 Å². The lowest BCUT2D eigenvalue weighted by Gasteiger charge is -2.02. The van der Waals surface area contributed by atoms with E-state index in [-0.39, 0.29) is 0 Å². The first-order valence-electron chi connectivity index (χ1n) is 5.98. The fourth-order valence-corrected chi connectivity index (χ4v) is 1.82. The first-order valence-corrected chi connectivity index (χ1v) is 5.98. The van der Waals surface area contributed by atoms with Gasteiger partial charge in [-0.1, -0.05) is 0 Å². The summed E-state index contributed by atoms with van der Waals surface area (Å²) in [7, 11) is 2.01. The average Bonchev–Trinajstić information content (AvgIpc) is 2.99. The van der Waals surface area contributed by atoms with Gasteiger partial charge in [-0.05, 0) is 51.1 Å². The van der Waals surface area contributed by atoms with Crippen LogP contribution in [-0.4, -0.2) is 22.4 Å². The van der Waals surface area contributed by atoms with Crippen molar-refractivity contribution >= 4 is 0 Å². The molecule has 0 atom stereocenters. The summed E-state index contributed by atoms with van der Waals surface area (Å²) >= 11 is 0. The van der Waals surface area contributed by atoms with Crippen LogP contribution in [-0.2, 0) is 13.5 Å². The van der Waals surface area contributed by atoms with Crippen LogP contribution in [0.1, 0.15) is 36.9 Å². The Morgan fingerprint density at radius 3 is 2.87 bits per heavy atom. The smallest absolute Gasteiger partial charge is 0.0524 e. The topological polar surface area (TPSA) is 29.9 Å². The number of aryl methyl sites for hydroxylation is 2. The third kappa shape index (κ3) is 3.06. The quantitative estimate of drug-likeness (QED) is 0.721. The van der Waals surface area contributed by atoms with E-state index in [9.17, 15) is 0 Å². The normalized spacial score (nSPS) is 15.9. The maximum Gasteiger partial charge on any atom is 0.0524 e. The molecule has 0 spiro atoms. The molecule has 0 radical (unpaired) electrons. The molecule has 0 aliphatic heterocycles. The molecular formula is C12H21N3. The number of aromatic nitrogens is 2. The summed E-state index contributed by atoms with van der Waals surface area (Å²) in [6.45, 7) is 3.33. The van der Waals surface area contributed by atoms with Crippen LogP contribution in [0, 0.1) is 6.92 Å². The van der Waals surface area contributed by atoms with Crippen molar-refractivity contribution in [2.75, 3.05) is 6.54 Å². The fourth-order valence-electron chi connectivity index (χ4n) is 1.82. The Morgan fingerprint density at radius 1 is 1.47 bits per heavy atom. The molecule has 1 aromatic heterocycles. The van der Waals surface area contributed by atoms with Crippen molar-refractivity contribution in [3.05, 3.63) is 17.5 Å². The van der Waals surface area contributed by atoms with E-state index in [0.717, 1.165) is 6.04 Å². The summed E-state index contributed by atoms with van der Waals surface area (Å²) in [5, 5.41) is 7.80. The van der Waals surface area contributed by atoms with Gasteiger partial charge in [0, 0.05) is 18.8 Å². The van der Waals surface area contributed by atoms with Crippen molar-refractivity contribution in [2.24, 2.45) is 7.05 Å². The van der Waals surface area contributed by atoms with E-state index in [1.54, 1.807) is 0 Å². The lowest BCUT2D eigenvalue weighted by molar-refractivity contribution is 0.618. The molecular weight excluding hydrogens is 186 g/mol. The lowest BCUT2D eigenvalue weighted by atomic mass is 10.1. The van der Waals surface area contributed by atoms with Gasteiger partial charge >= 0.3 is 0 Å². The molecule has 84 valence electrons. The van der Waals surface area contributed by atoms with E-state index in [1.165, 1.54) is 49.9 Å². The Morgan fingerprint density at radius 2 is 2.27 bits per heavy atom. The number of hydrogen-bond donors (Lipinski definition) is 1. The maximum atomic E-state index is 4.25. The number of rotatable bonds is 6. The number of hydrogen-bond acceptors (Lipinski definition) is 2. The Hall–Kier alpha value is -0.830. The molecule has 0 amide bonds. The summed E-state index contributed by atoms with van der Waals surface area (Å²) in [5.74, 6) is 0. The predicted molar refractivity (Wildman–Crippen MR) is 61.9 cm³/mol. The Balaban J connectivity index is 1.62. The highest BCUT2D eigenvalue weighted by molar-refractivity contribution is 5.15. The van der Waals surface area contributed by atoms with Gasteiger partial charge in [-0.3, -0.25) is 4.68 Å². The zero-order valence-electron chi connectivity index (χ0n) is 9.79. The minimum Gasteiger partial charge on any atom is -0.314 e. The first-order chi connectivity index (χ1) is 7.27. The van der Waals surface area contributed by atoms with E-state index in [0.29, 0.717) is 0 Å². The maximum absolute atomic E-state index is 4.25. The molecule has 1 fully saturated rings. The van der Waals surface area contributed by atoms with Crippen molar-refractivity contribution in [3.8, 4) is 0 Å². The fraction of sp³-hybridized carbons (Fsp3) is 0.750. The van der Waals surface area contributed by atoms with E-state index in [2.05, 4.69) is 17.3 Å². The minimum absolute atomic E-state index is 0.852. The highest BCUT2D eigenvalue weighted by Gasteiger charge is 2.19. The monoisotopic (exact) mass is 207 g/mol. The van der Waals surface area contributed by atoms with Gasteiger partial charge in [0.05, 0.1) is 6.20 Å². The van der Waals surface area contributed by atoms with Crippen LogP contribution >= 0.6 is 0 Å². The highest BCUT2D eigenvalue weighted by Crippen LogP contribution is 2.18. The highest BCUT2D eigenvalue weighted by atomic mass is 15.3. The first kappa shape index (κ1) is 10.7. The standard InChI is InChI=1S/C12H21N3/c1-10-11(9-14-15(10)2)5-3-4-8-13-12-6-7-12/h9,12-13H,3-8H2,1-2H3. The number of nitrogens with one attached hydrogen (secondary N) is 1. The summed E-state index contributed by atoms with van der Waals surface area (Å²) < 4.78 is 1.96. The molecule has 1 aliphatic rings. The van der Waals surface area contributed by atoms with Gasteiger partial charge in [-0.2, -0.15) is 5.10 Å².